The Hall–Kier alpha value is -3.81. The first-order chi connectivity index (χ1) is 15.0. The predicted octanol–water partition coefficient (Wildman–Crippen LogP) is 3.47. The van der Waals surface area contributed by atoms with Crippen molar-refractivity contribution in [2.24, 2.45) is 0 Å². The van der Waals surface area contributed by atoms with E-state index in [1.54, 1.807) is 31.3 Å². The molecule has 0 saturated carbocycles. The zero-order valence-corrected chi connectivity index (χ0v) is 17.0. The number of rotatable bonds is 4. The summed E-state index contributed by atoms with van der Waals surface area (Å²) in [6.45, 7) is 2.73. The van der Waals surface area contributed by atoms with Crippen LogP contribution >= 0.6 is 0 Å². The first kappa shape index (κ1) is 19.2. The van der Waals surface area contributed by atoms with Crippen molar-refractivity contribution in [3.63, 3.8) is 0 Å². The van der Waals surface area contributed by atoms with E-state index in [-0.39, 0.29) is 18.3 Å². The average molecular weight is 419 g/mol. The summed E-state index contributed by atoms with van der Waals surface area (Å²) in [5.41, 5.74) is 0.266. The van der Waals surface area contributed by atoms with Gasteiger partial charge in [-0.1, -0.05) is 36.4 Å². The predicted molar refractivity (Wildman–Crippen MR) is 110 cm³/mol. The highest BCUT2D eigenvalue weighted by Crippen LogP contribution is 2.37. The topological polar surface area (TPSA) is 93.9 Å². The fraction of sp³-hybridized carbons (Fsp3) is 0.261. The molecule has 1 saturated heterocycles. The maximum atomic E-state index is 13.3. The van der Waals surface area contributed by atoms with Crippen molar-refractivity contribution >= 4 is 11.9 Å². The van der Waals surface area contributed by atoms with Gasteiger partial charge in [0, 0.05) is 12.0 Å². The summed E-state index contributed by atoms with van der Waals surface area (Å²) >= 11 is 0. The Morgan fingerprint density at radius 2 is 1.84 bits per heavy atom. The lowest BCUT2D eigenvalue weighted by atomic mass is 9.91. The van der Waals surface area contributed by atoms with E-state index in [9.17, 15) is 9.59 Å². The molecule has 158 valence electrons. The highest BCUT2D eigenvalue weighted by atomic mass is 16.5. The van der Waals surface area contributed by atoms with Crippen molar-refractivity contribution in [3.8, 4) is 22.8 Å². The van der Waals surface area contributed by atoms with E-state index >= 15 is 0 Å². The van der Waals surface area contributed by atoms with Crippen LogP contribution in [0.4, 0.5) is 4.79 Å². The van der Waals surface area contributed by atoms with E-state index < -0.39 is 11.6 Å². The van der Waals surface area contributed by atoms with Gasteiger partial charge in [-0.25, -0.2) is 9.78 Å². The van der Waals surface area contributed by atoms with Crippen LogP contribution in [-0.2, 0) is 16.9 Å². The number of amides is 3. The van der Waals surface area contributed by atoms with Crippen LogP contribution in [0.15, 0.2) is 59.1 Å². The molecule has 5 rings (SSSR count). The molecular formula is C23H21N3O5. The minimum absolute atomic E-state index is 0.0579. The molecule has 8 nitrogen and oxygen atoms in total. The first-order valence-corrected chi connectivity index (χ1v) is 10.1. The smallest absolute Gasteiger partial charge is 0.325 e. The van der Waals surface area contributed by atoms with Gasteiger partial charge in [-0.2, -0.15) is 0 Å². The Balaban J connectivity index is 1.38. The van der Waals surface area contributed by atoms with Crippen molar-refractivity contribution < 1.29 is 23.5 Å². The molecular weight excluding hydrogens is 398 g/mol. The molecule has 2 aliphatic heterocycles. The maximum absolute atomic E-state index is 13.3. The van der Waals surface area contributed by atoms with Gasteiger partial charge in [0.1, 0.15) is 12.1 Å². The molecule has 31 heavy (non-hydrogen) atoms. The number of aromatic nitrogens is 1. The summed E-state index contributed by atoms with van der Waals surface area (Å²) in [6.07, 6.45) is 2.37. The minimum atomic E-state index is -1.23. The number of carbonyl (C=O) groups is 2. The quantitative estimate of drug-likeness (QED) is 0.651. The SMILES string of the molecule is C[C@@]1(c2ccc3c(c2)OCCCO3)NC(=O)N(Cc2ncc(-c3ccccc3)o2)C1=O. The van der Waals surface area contributed by atoms with Crippen LogP contribution in [-0.4, -0.2) is 35.0 Å². The Labute approximate surface area is 178 Å². The number of hydrogen-bond donors (Lipinski definition) is 1. The number of benzene rings is 2. The van der Waals surface area contributed by atoms with Crippen LogP contribution < -0.4 is 14.8 Å². The molecule has 3 aromatic rings. The fourth-order valence-electron chi connectivity index (χ4n) is 3.76. The second-order valence-corrected chi connectivity index (χ2v) is 7.64. The molecule has 0 spiro atoms. The standard InChI is InChI=1S/C23H21N3O5/c1-23(16-8-9-17-18(12-16)30-11-5-10-29-17)21(27)26(22(28)25-23)14-20-24-13-19(31-20)15-6-3-2-4-7-15/h2-4,6-9,12-13H,5,10-11,14H2,1H3,(H,25,28)/t23-/m0/s1. The normalized spacial score (nSPS) is 20.5. The van der Waals surface area contributed by atoms with Gasteiger partial charge in [0.05, 0.1) is 19.4 Å². The number of hydrogen-bond acceptors (Lipinski definition) is 6. The Kier molecular flexibility index (Phi) is 4.62. The zero-order valence-electron chi connectivity index (χ0n) is 17.0. The molecule has 0 unspecified atom stereocenters. The minimum Gasteiger partial charge on any atom is -0.490 e. The molecule has 2 aliphatic rings. The second kappa shape index (κ2) is 7.46. The zero-order chi connectivity index (χ0) is 21.4. The van der Waals surface area contributed by atoms with E-state index in [2.05, 4.69) is 10.3 Å². The van der Waals surface area contributed by atoms with Gasteiger partial charge in [0.15, 0.2) is 17.3 Å². The van der Waals surface area contributed by atoms with Gasteiger partial charge < -0.3 is 19.2 Å². The summed E-state index contributed by atoms with van der Waals surface area (Å²) in [5.74, 6) is 1.67. The summed E-state index contributed by atoms with van der Waals surface area (Å²) in [4.78, 5) is 31.3. The van der Waals surface area contributed by atoms with Crippen LogP contribution in [0.1, 0.15) is 24.8 Å². The maximum Gasteiger partial charge on any atom is 0.325 e. The van der Waals surface area contributed by atoms with E-state index in [4.69, 9.17) is 13.9 Å². The number of nitrogens with one attached hydrogen (secondary N) is 1. The molecule has 1 atom stereocenters. The highest BCUT2D eigenvalue weighted by Gasteiger charge is 2.49. The van der Waals surface area contributed by atoms with Crippen molar-refractivity contribution in [2.45, 2.75) is 25.4 Å². The lowest BCUT2D eigenvalue weighted by Gasteiger charge is -2.23. The molecule has 0 bridgehead atoms. The number of urea groups is 1. The van der Waals surface area contributed by atoms with E-state index in [1.807, 2.05) is 30.3 Å². The number of carbonyl (C=O) groups excluding carboxylic acids is 2. The Morgan fingerprint density at radius 1 is 1.06 bits per heavy atom. The summed E-state index contributed by atoms with van der Waals surface area (Å²) in [7, 11) is 0. The van der Waals surface area contributed by atoms with Crippen molar-refractivity contribution in [1.29, 1.82) is 0 Å². The average Bonchev–Trinajstić information content (AvgIpc) is 3.23. The fourth-order valence-corrected chi connectivity index (χ4v) is 3.76. The molecule has 8 heteroatoms. The van der Waals surface area contributed by atoms with E-state index in [0.29, 0.717) is 36.0 Å². The number of imide groups is 1. The molecule has 1 fully saturated rings. The number of fused-ring (bicyclic) bond motifs is 1. The van der Waals surface area contributed by atoms with Crippen LogP contribution in [0.25, 0.3) is 11.3 Å². The summed E-state index contributed by atoms with van der Waals surface area (Å²) in [5, 5.41) is 2.80. The number of ether oxygens (including phenoxy) is 2. The monoisotopic (exact) mass is 419 g/mol. The lowest BCUT2D eigenvalue weighted by Crippen LogP contribution is -2.40. The molecule has 2 aromatic carbocycles. The molecule has 0 radical (unpaired) electrons. The van der Waals surface area contributed by atoms with Crippen LogP contribution in [0.2, 0.25) is 0 Å². The third kappa shape index (κ3) is 3.39. The molecule has 3 heterocycles. The van der Waals surface area contributed by atoms with Gasteiger partial charge in [-0.05, 0) is 24.6 Å². The summed E-state index contributed by atoms with van der Waals surface area (Å²) < 4.78 is 17.2. The van der Waals surface area contributed by atoms with Crippen molar-refractivity contribution in [2.75, 3.05) is 13.2 Å². The van der Waals surface area contributed by atoms with Crippen molar-refractivity contribution in [1.82, 2.24) is 15.2 Å². The second-order valence-electron chi connectivity index (χ2n) is 7.64. The van der Waals surface area contributed by atoms with Gasteiger partial charge in [0.25, 0.3) is 5.91 Å². The Morgan fingerprint density at radius 3 is 2.65 bits per heavy atom. The van der Waals surface area contributed by atoms with Crippen LogP contribution in [0.5, 0.6) is 11.5 Å². The third-order valence-corrected chi connectivity index (χ3v) is 5.51. The highest BCUT2D eigenvalue weighted by molar-refractivity contribution is 6.07. The molecule has 3 amide bonds. The van der Waals surface area contributed by atoms with Crippen LogP contribution in [0, 0.1) is 0 Å². The van der Waals surface area contributed by atoms with Gasteiger partial charge in [0.2, 0.25) is 5.89 Å². The van der Waals surface area contributed by atoms with Gasteiger partial charge in [-0.3, -0.25) is 9.69 Å². The largest absolute Gasteiger partial charge is 0.490 e. The first-order valence-electron chi connectivity index (χ1n) is 10.1. The lowest BCUT2D eigenvalue weighted by molar-refractivity contribution is -0.131. The number of nitrogens with zero attached hydrogens (tertiary/aromatic N) is 2. The number of oxazole rings is 1. The third-order valence-electron chi connectivity index (χ3n) is 5.51. The summed E-state index contributed by atoms with van der Waals surface area (Å²) in [6, 6.07) is 14.3. The van der Waals surface area contributed by atoms with Crippen molar-refractivity contribution in [3.05, 3.63) is 66.2 Å². The van der Waals surface area contributed by atoms with Gasteiger partial charge >= 0.3 is 6.03 Å². The molecule has 1 N–H and O–H groups in total. The van der Waals surface area contributed by atoms with Gasteiger partial charge in [-0.15, -0.1) is 0 Å². The van der Waals surface area contributed by atoms with E-state index in [1.165, 1.54) is 0 Å². The molecule has 0 aliphatic carbocycles. The van der Waals surface area contributed by atoms with E-state index in [0.717, 1.165) is 16.9 Å². The molecule has 1 aromatic heterocycles. The Bertz CT molecular complexity index is 1140. The van der Waals surface area contributed by atoms with Crippen LogP contribution in [0.3, 0.4) is 0 Å².